The summed E-state index contributed by atoms with van der Waals surface area (Å²) in [5.41, 5.74) is 15.1. The molecule has 63 heavy (non-hydrogen) atoms. The van der Waals surface area contributed by atoms with Gasteiger partial charge in [0.15, 0.2) is 0 Å². The van der Waals surface area contributed by atoms with Crippen molar-refractivity contribution in [2.24, 2.45) is 0 Å². The molecular formula is C60H37N3. The summed E-state index contributed by atoms with van der Waals surface area (Å²) < 4.78 is 2.38. The predicted molar refractivity (Wildman–Crippen MR) is 266 cm³/mol. The molecule has 11 aromatic carbocycles. The molecule has 0 aliphatic carbocycles. The largest absolute Gasteiger partial charge is 0.309 e. The van der Waals surface area contributed by atoms with Gasteiger partial charge in [-0.05, 0) is 119 Å². The van der Waals surface area contributed by atoms with Gasteiger partial charge in [0.2, 0.25) is 0 Å². The van der Waals surface area contributed by atoms with E-state index in [0.717, 1.165) is 21.8 Å². The summed E-state index contributed by atoms with van der Waals surface area (Å²) in [5.74, 6) is 0. The molecule has 13 rings (SSSR count). The van der Waals surface area contributed by atoms with Crippen LogP contribution in [-0.2, 0) is 0 Å². The normalized spacial score (nSPS) is 11.8. The molecule has 0 aliphatic rings. The maximum Gasteiger partial charge on any atom is 0.0971 e. The number of hydrogen-bond acceptors (Lipinski definition) is 2. The first-order valence-corrected chi connectivity index (χ1v) is 21.6. The van der Waals surface area contributed by atoms with E-state index in [2.05, 4.69) is 217 Å². The van der Waals surface area contributed by atoms with Crippen LogP contribution in [0.25, 0.3) is 126 Å². The summed E-state index contributed by atoms with van der Waals surface area (Å²) in [6.07, 6.45) is 3.57. The summed E-state index contributed by atoms with van der Waals surface area (Å²) in [5, 5.41) is 12.1. The van der Waals surface area contributed by atoms with Crippen LogP contribution in [0, 0.1) is 0 Å². The van der Waals surface area contributed by atoms with Crippen molar-refractivity contribution in [1.29, 1.82) is 0 Å². The smallest absolute Gasteiger partial charge is 0.0971 e. The second kappa shape index (κ2) is 14.1. The minimum Gasteiger partial charge on any atom is -0.309 e. The maximum absolute atomic E-state index is 4.77. The van der Waals surface area contributed by atoms with Gasteiger partial charge in [-0.15, -0.1) is 0 Å². The quantitative estimate of drug-likeness (QED) is 0.162. The fourth-order valence-corrected chi connectivity index (χ4v) is 10.3. The Kier molecular flexibility index (Phi) is 7.91. The lowest BCUT2D eigenvalue weighted by molar-refractivity contribution is 1.18. The number of hydrogen-bond donors (Lipinski definition) is 0. The van der Waals surface area contributed by atoms with Crippen LogP contribution < -0.4 is 0 Å². The molecule has 0 saturated heterocycles. The van der Waals surface area contributed by atoms with Crippen LogP contribution in [0.2, 0.25) is 0 Å². The van der Waals surface area contributed by atoms with Gasteiger partial charge in [0.05, 0.1) is 22.1 Å². The van der Waals surface area contributed by atoms with Gasteiger partial charge >= 0.3 is 0 Å². The minimum atomic E-state index is 0.936. The van der Waals surface area contributed by atoms with E-state index in [9.17, 15) is 0 Å². The molecule has 0 N–H and O–H groups in total. The summed E-state index contributed by atoms with van der Waals surface area (Å²) in [6, 6.07) is 77.7. The second-order valence-electron chi connectivity index (χ2n) is 16.5. The molecule has 292 valence electrons. The average molecular weight is 800 g/mol. The average Bonchev–Trinajstić information content (AvgIpc) is 3.69. The Morgan fingerprint density at radius 2 is 0.714 bits per heavy atom. The molecule has 0 fully saturated rings. The predicted octanol–water partition coefficient (Wildman–Crippen LogP) is 16.0. The van der Waals surface area contributed by atoms with Crippen LogP contribution >= 0.6 is 0 Å². The van der Waals surface area contributed by atoms with Gasteiger partial charge in [0.1, 0.15) is 0 Å². The molecular weight excluding hydrogens is 763 g/mol. The zero-order chi connectivity index (χ0) is 41.4. The zero-order valence-electron chi connectivity index (χ0n) is 34.2. The molecule has 2 aromatic heterocycles. The van der Waals surface area contributed by atoms with E-state index in [-0.39, 0.29) is 0 Å². The molecule has 0 unspecified atom stereocenters. The summed E-state index contributed by atoms with van der Waals surface area (Å²) in [6.45, 7) is 0. The fourth-order valence-electron chi connectivity index (χ4n) is 10.3. The topological polar surface area (TPSA) is 30.7 Å². The Morgan fingerprint density at radius 1 is 0.254 bits per heavy atom. The van der Waals surface area contributed by atoms with Crippen molar-refractivity contribution in [1.82, 2.24) is 14.5 Å². The number of para-hydroxylation sites is 2. The van der Waals surface area contributed by atoms with Gasteiger partial charge in [-0.25, -0.2) is 0 Å². The third kappa shape index (κ3) is 5.53. The fraction of sp³-hybridized carbons (Fsp3) is 0. The van der Waals surface area contributed by atoms with E-state index < -0.39 is 0 Å². The van der Waals surface area contributed by atoms with E-state index in [0.29, 0.717) is 0 Å². The number of nitrogens with zero attached hydrogens (tertiary/aromatic N) is 3. The van der Waals surface area contributed by atoms with Gasteiger partial charge in [-0.2, -0.15) is 0 Å². The molecule has 0 radical (unpaired) electrons. The first-order chi connectivity index (χ1) is 31.3. The van der Waals surface area contributed by atoms with Crippen LogP contribution in [0.1, 0.15) is 0 Å². The molecule has 3 heteroatoms. The van der Waals surface area contributed by atoms with Crippen LogP contribution in [0.15, 0.2) is 225 Å². The molecule has 0 atom stereocenters. The van der Waals surface area contributed by atoms with Crippen molar-refractivity contribution in [2.75, 3.05) is 0 Å². The molecule has 0 amide bonds. The molecule has 0 aliphatic heterocycles. The van der Waals surface area contributed by atoms with Crippen molar-refractivity contribution in [2.45, 2.75) is 0 Å². The minimum absolute atomic E-state index is 0.936. The van der Waals surface area contributed by atoms with E-state index in [1.165, 1.54) is 104 Å². The molecule has 0 saturated carbocycles. The summed E-state index contributed by atoms with van der Waals surface area (Å²) >= 11 is 0. The van der Waals surface area contributed by atoms with Gasteiger partial charge in [-0.3, -0.25) is 9.97 Å². The van der Waals surface area contributed by atoms with E-state index in [1.807, 2.05) is 0 Å². The lowest BCUT2D eigenvalue weighted by atomic mass is 9.88. The number of rotatable bonds is 5. The Hall–Kier alpha value is -8.40. The monoisotopic (exact) mass is 799 g/mol. The van der Waals surface area contributed by atoms with Crippen molar-refractivity contribution in [3.63, 3.8) is 0 Å². The lowest BCUT2D eigenvalue weighted by Gasteiger charge is -2.15. The van der Waals surface area contributed by atoms with Gasteiger partial charge < -0.3 is 4.57 Å². The Labute approximate surface area is 363 Å². The van der Waals surface area contributed by atoms with Crippen LogP contribution in [0.5, 0.6) is 0 Å². The van der Waals surface area contributed by atoms with Gasteiger partial charge in [0, 0.05) is 39.6 Å². The second-order valence-corrected chi connectivity index (χ2v) is 16.5. The highest BCUT2D eigenvalue weighted by Gasteiger charge is 2.17. The maximum atomic E-state index is 4.77. The van der Waals surface area contributed by atoms with Gasteiger partial charge in [0.25, 0.3) is 0 Å². The van der Waals surface area contributed by atoms with Crippen molar-refractivity contribution in [3.05, 3.63) is 225 Å². The van der Waals surface area contributed by atoms with Crippen molar-refractivity contribution in [3.8, 4) is 50.2 Å². The van der Waals surface area contributed by atoms with E-state index >= 15 is 0 Å². The molecule has 2 heterocycles. The zero-order valence-corrected chi connectivity index (χ0v) is 34.2. The van der Waals surface area contributed by atoms with E-state index in [4.69, 9.17) is 9.97 Å². The third-order valence-electron chi connectivity index (χ3n) is 13.1. The molecule has 13 aromatic rings. The summed E-state index contributed by atoms with van der Waals surface area (Å²) in [4.78, 5) is 9.50. The number of benzene rings is 11. The van der Waals surface area contributed by atoms with E-state index in [1.54, 1.807) is 12.4 Å². The number of aromatic nitrogens is 3. The SMILES string of the molecule is c1ccc(-n2c3ccccc3c3cc(-c4cccc5c(-c6cccc7c(-c8cccc(-c9ccc%10c(c9)c9ccccc9c9nccnc%109)c8)cccc67)cccc45)ccc32)cc1. The van der Waals surface area contributed by atoms with Crippen molar-refractivity contribution < 1.29 is 0 Å². The van der Waals surface area contributed by atoms with Crippen molar-refractivity contribution >= 4 is 75.9 Å². The number of fused-ring (bicyclic) bond motifs is 11. The third-order valence-corrected chi connectivity index (χ3v) is 13.1. The molecule has 3 nitrogen and oxygen atoms in total. The van der Waals surface area contributed by atoms with Crippen LogP contribution in [0.3, 0.4) is 0 Å². The Bertz CT molecular complexity index is 3940. The standard InChI is InChI=1S/C60H37N3/c1-2-15-42(16-3-1)63-57-28-7-6-18-52(57)56-37-41(30-32-58(56)63)44-21-10-25-48-46(44)23-12-27-50(48)49-26-11-22-45-43(20-9-24-47(45)49)40-14-8-13-38(35-40)39-29-31-54-55(36-39)51-17-4-5-19-53(51)59-60(54)62-34-33-61-59/h1-37H. The summed E-state index contributed by atoms with van der Waals surface area (Å²) in [7, 11) is 0. The Balaban J connectivity index is 0.918. The van der Waals surface area contributed by atoms with Gasteiger partial charge in [-0.1, -0.05) is 170 Å². The highest BCUT2D eigenvalue weighted by atomic mass is 15.0. The van der Waals surface area contributed by atoms with Crippen LogP contribution in [-0.4, -0.2) is 14.5 Å². The highest BCUT2D eigenvalue weighted by Crippen LogP contribution is 2.42. The molecule has 0 bridgehead atoms. The Morgan fingerprint density at radius 3 is 1.41 bits per heavy atom. The first kappa shape index (κ1) is 35.4. The lowest BCUT2D eigenvalue weighted by Crippen LogP contribution is -1.93. The first-order valence-electron chi connectivity index (χ1n) is 21.6. The van der Waals surface area contributed by atoms with Crippen LogP contribution in [0.4, 0.5) is 0 Å². The molecule has 0 spiro atoms. The highest BCUT2D eigenvalue weighted by molar-refractivity contribution is 6.23.